The average Bonchev–Trinajstić information content (AvgIpc) is 3.00. The first-order valence-corrected chi connectivity index (χ1v) is 9.13. The van der Waals surface area contributed by atoms with Gasteiger partial charge >= 0.3 is 0 Å². The quantitative estimate of drug-likeness (QED) is 0.896. The summed E-state index contributed by atoms with van der Waals surface area (Å²) in [6, 6.07) is 11.8. The molecule has 3 nitrogen and oxygen atoms in total. The van der Waals surface area contributed by atoms with Crippen molar-refractivity contribution in [2.45, 2.75) is 12.5 Å². The summed E-state index contributed by atoms with van der Waals surface area (Å²) in [5, 5.41) is 4.77. The van der Waals surface area contributed by atoms with E-state index >= 15 is 0 Å². The van der Waals surface area contributed by atoms with E-state index in [2.05, 4.69) is 28.4 Å². The van der Waals surface area contributed by atoms with Crippen LogP contribution in [0.5, 0.6) is 5.75 Å². The minimum Gasteiger partial charge on any atom is -0.488 e. The molecular weight excluding hydrogens is 343 g/mol. The van der Waals surface area contributed by atoms with Gasteiger partial charge in [-0.1, -0.05) is 41.4 Å². The third-order valence-electron chi connectivity index (χ3n) is 4.72. The standard InChI is InChI=1S/C19H20Cl2N2O/c20-14-4-5-18(21)17(11-14)16-3-1-2-13-10-15(24-19(13)16)12-23-8-6-22-7-9-23/h1-5,11,15,22H,6-10,12H2. The number of benzene rings is 2. The summed E-state index contributed by atoms with van der Waals surface area (Å²) in [5.74, 6) is 0.960. The van der Waals surface area contributed by atoms with Gasteiger partial charge in [0.1, 0.15) is 11.9 Å². The van der Waals surface area contributed by atoms with E-state index in [0.29, 0.717) is 10.0 Å². The van der Waals surface area contributed by atoms with Crippen LogP contribution in [-0.2, 0) is 6.42 Å². The number of para-hydroxylation sites is 1. The summed E-state index contributed by atoms with van der Waals surface area (Å²) in [7, 11) is 0. The Labute approximate surface area is 152 Å². The van der Waals surface area contributed by atoms with Gasteiger partial charge < -0.3 is 10.1 Å². The molecule has 1 N–H and O–H groups in total. The van der Waals surface area contributed by atoms with E-state index in [9.17, 15) is 0 Å². The fourth-order valence-electron chi connectivity index (χ4n) is 3.54. The Bertz CT molecular complexity index is 744. The lowest BCUT2D eigenvalue weighted by Crippen LogP contribution is -2.47. The normalized spacial score (nSPS) is 20.7. The summed E-state index contributed by atoms with van der Waals surface area (Å²) >= 11 is 12.6. The molecule has 0 aromatic heterocycles. The van der Waals surface area contributed by atoms with E-state index in [1.165, 1.54) is 5.56 Å². The number of piperazine rings is 1. The second-order valence-corrected chi connectivity index (χ2v) is 7.26. The maximum atomic E-state index is 6.40. The van der Waals surface area contributed by atoms with Gasteiger partial charge in [0.25, 0.3) is 0 Å². The highest BCUT2D eigenvalue weighted by molar-refractivity contribution is 6.35. The molecule has 2 aromatic carbocycles. The lowest BCUT2D eigenvalue weighted by Gasteiger charge is -2.29. The van der Waals surface area contributed by atoms with Crippen molar-refractivity contribution >= 4 is 23.2 Å². The van der Waals surface area contributed by atoms with Crippen LogP contribution in [0.4, 0.5) is 0 Å². The second-order valence-electron chi connectivity index (χ2n) is 6.41. The van der Waals surface area contributed by atoms with Crippen LogP contribution in [-0.4, -0.2) is 43.7 Å². The van der Waals surface area contributed by atoms with E-state index < -0.39 is 0 Å². The first-order chi connectivity index (χ1) is 11.7. The van der Waals surface area contributed by atoms with Crippen LogP contribution >= 0.6 is 23.2 Å². The number of halogens is 2. The van der Waals surface area contributed by atoms with Gasteiger partial charge in [0, 0.05) is 60.3 Å². The van der Waals surface area contributed by atoms with Crippen LogP contribution in [0, 0.1) is 0 Å². The van der Waals surface area contributed by atoms with E-state index in [0.717, 1.165) is 56.0 Å². The predicted octanol–water partition coefficient (Wildman–Crippen LogP) is 3.87. The molecule has 1 atom stereocenters. The molecule has 5 heteroatoms. The molecule has 2 aromatic rings. The number of hydrogen-bond donors (Lipinski definition) is 1. The molecular formula is C19H20Cl2N2O. The van der Waals surface area contributed by atoms with E-state index in [1.54, 1.807) is 0 Å². The lowest BCUT2D eigenvalue weighted by molar-refractivity contribution is 0.140. The van der Waals surface area contributed by atoms with Gasteiger partial charge in [-0.3, -0.25) is 4.90 Å². The summed E-state index contributed by atoms with van der Waals surface area (Å²) in [5.41, 5.74) is 3.22. The van der Waals surface area contributed by atoms with Crippen molar-refractivity contribution in [1.29, 1.82) is 0 Å². The zero-order valence-electron chi connectivity index (χ0n) is 13.4. The van der Waals surface area contributed by atoms with Crippen molar-refractivity contribution in [1.82, 2.24) is 10.2 Å². The van der Waals surface area contributed by atoms with Gasteiger partial charge in [-0.25, -0.2) is 0 Å². The van der Waals surface area contributed by atoms with Gasteiger partial charge in [0.2, 0.25) is 0 Å². The van der Waals surface area contributed by atoms with Gasteiger partial charge in [-0.05, 0) is 23.8 Å². The molecule has 0 aliphatic carbocycles. The molecule has 1 unspecified atom stereocenters. The maximum absolute atomic E-state index is 6.40. The Morgan fingerprint density at radius 3 is 2.75 bits per heavy atom. The Hall–Kier alpha value is -1.26. The van der Waals surface area contributed by atoms with Crippen molar-refractivity contribution < 1.29 is 4.74 Å². The number of fused-ring (bicyclic) bond motifs is 1. The molecule has 0 saturated carbocycles. The minimum atomic E-state index is 0.206. The maximum Gasteiger partial charge on any atom is 0.131 e. The van der Waals surface area contributed by atoms with Crippen molar-refractivity contribution in [3.8, 4) is 16.9 Å². The largest absolute Gasteiger partial charge is 0.488 e. The highest BCUT2D eigenvalue weighted by Gasteiger charge is 2.28. The smallest absolute Gasteiger partial charge is 0.131 e. The highest BCUT2D eigenvalue weighted by atomic mass is 35.5. The van der Waals surface area contributed by atoms with E-state index in [4.69, 9.17) is 27.9 Å². The second kappa shape index (κ2) is 6.93. The molecule has 0 bridgehead atoms. The molecule has 1 fully saturated rings. The molecule has 2 heterocycles. The van der Waals surface area contributed by atoms with Gasteiger partial charge in [-0.15, -0.1) is 0 Å². The summed E-state index contributed by atoms with van der Waals surface area (Å²) in [6.45, 7) is 5.26. The van der Waals surface area contributed by atoms with E-state index in [1.807, 2.05) is 18.2 Å². The first-order valence-electron chi connectivity index (χ1n) is 8.38. The van der Waals surface area contributed by atoms with Crippen molar-refractivity contribution in [3.63, 3.8) is 0 Å². The summed E-state index contributed by atoms with van der Waals surface area (Å²) in [4.78, 5) is 2.47. The minimum absolute atomic E-state index is 0.206. The number of nitrogens with zero attached hydrogens (tertiary/aromatic N) is 1. The molecule has 2 aliphatic rings. The fraction of sp³-hybridized carbons (Fsp3) is 0.368. The van der Waals surface area contributed by atoms with Crippen molar-refractivity contribution in [3.05, 3.63) is 52.0 Å². The number of rotatable bonds is 3. The Morgan fingerprint density at radius 1 is 1.08 bits per heavy atom. The number of hydrogen-bond acceptors (Lipinski definition) is 3. The van der Waals surface area contributed by atoms with Crippen LogP contribution in [0.3, 0.4) is 0 Å². The molecule has 0 radical (unpaired) electrons. The third kappa shape index (κ3) is 3.27. The molecule has 126 valence electrons. The lowest BCUT2D eigenvalue weighted by atomic mass is 10.0. The first kappa shape index (κ1) is 16.2. The molecule has 0 amide bonds. The Morgan fingerprint density at radius 2 is 1.92 bits per heavy atom. The van der Waals surface area contributed by atoms with Crippen LogP contribution in [0.25, 0.3) is 11.1 Å². The molecule has 24 heavy (non-hydrogen) atoms. The fourth-order valence-corrected chi connectivity index (χ4v) is 3.93. The van der Waals surface area contributed by atoms with Crippen LogP contribution < -0.4 is 10.1 Å². The third-order valence-corrected chi connectivity index (χ3v) is 5.28. The SMILES string of the molecule is Clc1ccc(Cl)c(-c2cccc3c2OC(CN2CCNCC2)C3)c1. The zero-order chi connectivity index (χ0) is 16.5. The summed E-state index contributed by atoms with van der Waals surface area (Å²) < 4.78 is 6.33. The van der Waals surface area contributed by atoms with Gasteiger partial charge in [0.05, 0.1) is 0 Å². The number of nitrogens with one attached hydrogen (secondary N) is 1. The van der Waals surface area contributed by atoms with Crippen LogP contribution in [0.1, 0.15) is 5.56 Å². The Balaban J connectivity index is 1.59. The van der Waals surface area contributed by atoms with Gasteiger partial charge in [0.15, 0.2) is 0 Å². The van der Waals surface area contributed by atoms with Gasteiger partial charge in [-0.2, -0.15) is 0 Å². The Kier molecular flexibility index (Phi) is 4.68. The zero-order valence-corrected chi connectivity index (χ0v) is 14.9. The summed E-state index contributed by atoms with van der Waals surface area (Å²) in [6.07, 6.45) is 1.16. The van der Waals surface area contributed by atoms with Crippen LogP contribution in [0.2, 0.25) is 10.0 Å². The monoisotopic (exact) mass is 362 g/mol. The number of ether oxygens (including phenoxy) is 1. The average molecular weight is 363 g/mol. The molecule has 0 spiro atoms. The molecule has 4 rings (SSSR count). The van der Waals surface area contributed by atoms with E-state index in [-0.39, 0.29) is 6.10 Å². The van der Waals surface area contributed by atoms with Crippen molar-refractivity contribution in [2.24, 2.45) is 0 Å². The van der Waals surface area contributed by atoms with Crippen molar-refractivity contribution in [2.75, 3.05) is 32.7 Å². The topological polar surface area (TPSA) is 24.5 Å². The predicted molar refractivity (Wildman–Crippen MR) is 99.3 cm³/mol. The molecule has 1 saturated heterocycles. The van der Waals surface area contributed by atoms with Crippen LogP contribution in [0.15, 0.2) is 36.4 Å². The molecule has 2 aliphatic heterocycles. The highest BCUT2D eigenvalue weighted by Crippen LogP contribution is 2.42.